The van der Waals surface area contributed by atoms with Crippen LogP contribution in [-0.2, 0) is 23.9 Å². The van der Waals surface area contributed by atoms with E-state index in [1.165, 1.54) is 26.2 Å². The average molecular weight is 308 g/mol. The van der Waals surface area contributed by atoms with Crippen LogP contribution in [0.15, 0.2) is 34.8 Å². The smallest absolute Gasteiger partial charge is 0.352 e. The van der Waals surface area contributed by atoms with Gasteiger partial charge in [0.2, 0.25) is 5.60 Å². The van der Waals surface area contributed by atoms with E-state index in [2.05, 4.69) is 0 Å². The highest BCUT2D eigenvalue weighted by Gasteiger charge is 2.57. The highest BCUT2D eigenvalue weighted by atomic mass is 16.6. The highest BCUT2D eigenvalue weighted by Crippen LogP contribution is 2.51. The van der Waals surface area contributed by atoms with Gasteiger partial charge in [0, 0.05) is 5.57 Å². The predicted octanol–water partition coefficient (Wildman–Crippen LogP) is 1.26. The Morgan fingerprint density at radius 1 is 1.36 bits per heavy atom. The third-order valence-corrected chi connectivity index (χ3v) is 4.14. The quantitative estimate of drug-likeness (QED) is 0.736. The molecule has 2 rings (SSSR count). The molecule has 22 heavy (non-hydrogen) atoms. The van der Waals surface area contributed by atoms with Crippen LogP contribution in [0.2, 0.25) is 0 Å². The van der Waals surface area contributed by atoms with Crippen molar-refractivity contribution in [2.24, 2.45) is 5.41 Å². The molecule has 1 aliphatic heterocycles. The lowest BCUT2D eigenvalue weighted by Gasteiger charge is -2.27. The van der Waals surface area contributed by atoms with E-state index in [0.717, 1.165) is 0 Å². The van der Waals surface area contributed by atoms with Crippen LogP contribution in [0.3, 0.4) is 0 Å². The molecule has 0 spiro atoms. The molecule has 0 bridgehead atoms. The van der Waals surface area contributed by atoms with Crippen molar-refractivity contribution in [2.75, 3.05) is 7.11 Å². The number of rotatable bonds is 5. The second kappa shape index (κ2) is 5.01. The van der Waals surface area contributed by atoms with E-state index in [9.17, 15) is 24.6 Å². The Bertz CT molecular complexity index is 655. The number of hydrogen-bond acceptors (Lipinski definition) is 5. The summed E-state index contributed by atoms with van der Waals surface area (Å²) in [5.74, 6) is -2.40. The maximum Gasteiger partial charge on any atom is 0.352 e. The summed E-state index contributed by atoms with van der Waals surface area (Å²) in [6.07, 6.45) is 3.08. The van der Waals surface area contributed by atoms with Gasteiger partial charge in [-0.05, 0) is 19.4 Å². The number of aldehydes is 1. The number of carboxylic acid groups (broad SMARTS) is 2. The molecule has 118 valence electrons. The number of carboxylic acids is 2. The maximum atomic E-state index is 11.7. The summed E-state index contributed by atoms with van der Waals surface area (Å²) in [7, 11) is 1.35. The van der Waals surface area contributed by atoms with Crippen molar-refractivity contribution in [3.05, 3.63) is 34.8 Å². The first-order valence-electron chi connectivity index (χ1n) is 6.62. The standard InChI is InChI=1S/C15H16O7/c1-4-15(13(19)20)8(7-16)10-11(22-15)9(21-3)5-6-14(10,2)12(17)18/h5-7H,4H2,1-3H3,(H,17,18)(H,19,20). The normalized spacial score (nSPS) is 30.0. The van der Waals surface area contributed by atoms with E-state index in [-0.39, 0.29) is 29.1 Å². The van der Waals surface area contributed by atoms with Crippen LogP contribution in [0.5, 0.6) is 0 Å². The van der Waals surface area contributed by atoms with Crippen molar-refractivity contribution in [3.63, 3.8) is 0 Å². The number of carbonyl (C=O) groups is 3. The zero-order chi connectivity index (χ0) is 16.7. The highest BCUT2D eigenvalue weighted by molar-refractivity contribution is 5.98. The molecular weight excluding hydrogens is 292 g/mol. The van der Waals surface area contributed by atoms with Gasteiger partial charge in [-0.1, -0.05) is 13.0 Å². The summed E-state index contributed by atoms with van der Waals surface area (Å²) in [6.45, 7) is 2.93. The Morgan fingerprint density at radius 2 is 2.00 bits per heavy atom. The van der Waals surface area contributed by atoms with Gasteiger partial charge < -0.3 is 19.7 Å². The maximum absolute atomic E-state index is 11.7. The van der Waals surface area contributed by atoms with Gasteiger partial charge in [0.1, 0.15) is 5.41 Å². The van der Waals surface area contributed by atoms with Gasteiger partial charge >= 0.3 is 11.9 Å². The van der Waals surface area contributed by atoms with Crippen molar-refractivity contribution >= 4 is 18.2 Å². The number of allylic oxidation sites excluding steroid dienone is 2. The van der Waals surface area contributed by atoms with Crippen LogP contribution in [0, 0.1) is 5.41 Å². The number of fused-ring (bicyclic) bond motifs is 1. The number of hydrogen-bond donors (Lipinski definition) is 2. The van der Waals surface area contributed by atoms with Gasteiger partial charge in [0.25, 0.3) is 0 Å². The van der Waals surface area contributed by atoms with Gasteiger partial charge in [0.15, 0.2) is 17.8 Å². The first kappa shape index (κ1) is 15.8. The first-order valence-corrected chi connectivity index (χ1v) is 6.62. The summed E-state index contributed by atoms with van der Waals surface area (Å²) in [4.78, 5) is 34.9. The van der Waals surface area contributed by atoms with Gasteiger partial charge in [0.05, 0.1) is 12.7 Å². The minimum atomic E-state index is -1.90. The molecule has 0 aromatic heterocycles. The first-order chi connectivity index (χ1) is 10.3. The van der Waals surface area contributed by atoms with E-state index in [0.29, 0.717) is 6.29 Å². The molecule has 0 saturated heterocycles. The molecule has 0 aromatic rings. The zero-order valence-electron chi connectivity index (χ0n) is 12.4. The van der Waals surface area contributed by atoms with Crippen LogP contribution >= 0.6 is 0 Å². The predicted molar refractivity (Wildman–Crippen MR) is 73.8 cm³/mol. The summed E-state index contributed by atoms with van der Waals surface area (Å²) in [6, 6.07) is 0. The van der Waals surface area contributed by atoms with Crippen molar-refractivity contribution in [1.82, 2.24) is 0 Å². The van der Waals surface area contributed by atoms with E-state index < -0.39 is 23.0 Å². The van der Waals surface area contributed by atoms with E-state index in [4.69, 9.17) is 9.47 Å². The van der Waals surface area contributed by atoms with Crippen molar-refractivity contribution in [2.45, 2.75) is 25.9 Å². The number of methoxy groups -OCH3 is 1. The Labute approximate surface area is 126 Å². The zero-order valence-corrected chi connectivity index (χ0v) is 12.4. The lowest BCUT2D eigenvalue weighted by Crippen LogP contribution is -2.40. The molecule has 7 nitrogen and oxygen atoms in total. The molecule has 0 radical (unpaired) electrons. The lowest BCUT2D eigenvalue weighted by molar-refractivity contribution is -0.155. The van der Waals surface area contributed by atoms with Gasteiger partial charge in [-0.2, -0.15) is 0 Å². The van der Waals surface area contributed by atoms with Crippen LogP contribution in [0.1, 0.15) is 20.3 Å². The Morgan fingerprint density at radius 3 is 2.41 bits per heavy atom. The second-order valence-electron chi connectivity index (χ2n) is 5.23. The van der Waals surface area contributed by atoms with Gasteiger partial charge in [-0.15, -0.1) is 0 Å². The summed E-state index contributed by atoms with van der Waals surface area (Å²) >= 11 is 0. The SMILES string of the molecule is CCC1(C(=O)O)OC2=C(OC)C=CC(C)(C(=O)O)C2=C1C=O. The molecular formula is C15H16O7. The Kier molecular flexibility index (Phi) is 3.60. The molecule has 2 aliphatic rings. The largest absolute Gasteiger partial charge is 0.493 e. The van der Waals surface area contributed by atoms with Gasteiger partial charge in [-0.3, -0.25) is 9.59 Å². The molecule has 1 aliphatic carbocycles. The molecule has 2 N–H and O–H groups in total. The third kappa shape index (κ3) is 1.78. The molecule has 0 amide bonds. The number of carbonyl (C=O) groups excluding carboxylic acids is 1. The minimum absolute atomic E-state index is 0.0127. The minimum Gasteiger partial charge on any atom is -0.493 e. The number of ether oxygens (including phenoxy) is 2. The lowest BCUT2D eigenvalue weighted by atomic mass is 9.74. The van der Waals surface area contributed by atoms with E-state index in [1.807, 2.05) is 0 Å². The summed E-state index contributed by atoms with van der Waals surface area (Å²) in [5, 5.41) is 19.1. The van der Waals surface area contributed by atoms with Crippen molar-refractivity contribution in [3.8, 4) is 0 Å². The summed E-state index contributed by atoms with van der Waals surface area (Å²) < 4.78 is 10.7. The second-order valence-corrected chi connectivity index (χ2v) is 5.23. The molecule has 2 atom stereocenters. The van der Waals surface area contributed by atoms with E-state index in [1.54, 1.807) is 6.92 Å². The molecule has 7 heteroatoms. The van der Waals surface area contributed by atoms with Crippen molar-refractivity contribution < 1.29 is 34.1 Å². The Balaban J connectivity index is 2.86. The molecule has 2 unspecified atom stereocenters. The Hall–Kier alpha value is -2.57. The van der Waals surface area contributed by atoms with Crippen LogP contribution in [-0.4, -0.2) is 41.1 Å². The molecule has 1 heterocycles. The molecule has 0 aromatic carbocycles. The number of aliphatic carboxylic acids is 2. The van der Waals surface area contributed by atoms with Crippen molar-refractivity contribution in [1.29, 1.82) is 0 Å². The van der Waals surface area contributed by atoms with Gasteiger partial charge in [-0.25, -0.2) is 4.79 Å². The van der Waals surface area contributed by atoms with E-state index >= 15 is 0 Å². The van der Waals surface area contributed by atoms with Crippen LogP contribution in [0.25, 0.3) is 0 Å². The van der Waals surface area contributed by atoms with Crippen LogP contribution in [0.4, 0.5) is 0 Å². The fraction of sp³-hybridized carbons (Fsp3) is 0.400. The topological polar surface area (TPSA) is 110 Å². The average Bonchev–Trinajstić information content (AvgIpc) is 2.84. The third-order valence-electron chi connectivity index (χ3n) is 4.14. The fourth-order valence-corrected chi connectivity index (χ4v) is 2.76. The molecule has 0 fully saturated rings. The monoisotopic (exact) mass is 308 g/mol. The molecule has 0 saturated carbocycles. The van der Waals surface area contributed by atoms with Crippen LogP contribution < -0.4 is 0 Å². The fourth-order valence-electron chi connectivity index (χ4n) is 2.76. The summed E-state index contributed by atoms with van der Waals surface area (Å²) in [5.41, 5.74) is -3.64.